The van der Waals surface area contributed by atoms with Crippen LogP contribution in [0.3, 0.4) is 0 Å². The first kappa shape index (κ1) is 31.9. The molecule has 0 unspecified atom stereocenters. The van der Waals surface area contributed by atoms with E-state index in [0.29, 0.717) is 5.69 Å². The van der Waals surface area contributed by atoms with Crippen molar-refractivity contribution in [1.82, 2.24) is 39.2 Å². The summed E-state index contributed by atoms with van der Waals surface area (Å²) in [6.45, 7) is 1.89. The maximum atomic E-state index is 11.7. The molecule has 20 heteroatoms. The Bertz CT molecular complexity index is 1670. The van der Waals surface area contributed by atoms with Crippen LogP contribution < -0.4 is 22.8 Å². The van der Waals surface area contributed by atoms with Gasteiger partial charge in [0.1, 0.15) is 47.8 Å². The van der Waals surface area contributed by atoms with Crippen LogP contribution in [0, 0.1) is 0 Å². The number of aliphatic hydroxyl groups is 6. The van der Waals surface area contributed by atoms with Gasteiger partial charge in [-0.25, -0.2) is 19.0 Å². The van der Waals surface area contributed by atoms with E-state index < -0.39 is 66.6 Å². The molecule has 4 aromatic rings. The maximum absolute atomic E-state index is 11.7. The number of ether oxygens (including phenoxy) is 2. The fourth-order valence-electron chi connectivity index (χ4n) is 5.08. The van der Waals surface area contributed by atoms with E-state index in [1.54, 1.807) is 0 Å². The Kier molecular flexibility index (Phi) is 8.34. The zero-order valence-electron chi connectivity index (χ0n) is 22.3. The number of nitrogens with zero attached hydrogens (tertiary/aromatic N) is 7. The molecule has 0 saturated carbocycles. The molecule has 2 aliphatic heterocycles. The molecule has 0 amide bonds. The molecule has 0 aromatic carbocycles. The summed E-state index contributed by atoms with van der Waals surface area (Å²) < 4.78 is 13.4. The molecular formula is C23H35N11O9. The summed E-state index contributed by atoms with van der Waals surface area (Å²) in [5.74, 6) is -0.0922. The second kappa shape index (κ2) is 11.2. The van der Waals surface area contributed by atoms with E-state index in [4.69, 9.17) is 26.7 Å². The van der Waals surface area contributed by atoms with Crippen LogP contribution in [0.25, 0.3) is 11.3 Å². The van der Waals surface area contributed by atoms with Crippen LogP contribution in [-0.4, -0.2) is 119 Å². The average molecular weight is 610 g/mol. The lowest BCUT2D eigenvalue weighted by atomic mass is 9.91. The monoisotopic (exact) mass is 609 g/mol. The van der Waals surface area contributed by atoms with Crippen LogP contribution in [0.4, 0.5) is 17.7 Å². The number of aliphatic hydroxyl groups excluding tert-OH is 4. The number of imidazole rings is 2. The number of hydrogen-bond acceptors (Lipinski definition) is 17. The third-order valence-corrected chi connectivity index (χ3v) is 7.33. The Morgan fingerprint density at radius 1 is 0.884 bits per heavy atom. The Balaban J connectivity index is 0.000000192. The highest BCUT2D eigenvalue weighted by molar-refractivity contribution is 5.60. The minimum atomic E-state index is -1.68. The number of fused-ring (bicyclic) bond motifs is 2. The van der Waals surface area contributed by atoms with Crippen molar-refractivity contribution in [3.8, 4) is 0 Å². The lowest BCUT2D eigenvalue weighted by Crippen LogP contribution is -2.43. The largest absolute Gasteiger partial charge is 0.394 e. The van der Waals surface area contributed by atoms with E-state index >= 15 is 0 Å². The van der Waals surface area contributed by atoms with E-state index in [9.17, 15) is 35.4 Å². The fourth-order valence-corrected chi connectivity index (χ4v) is 5.08. The first-order valence-corrected chi connectivity index (χ1v) is 12.6. The quantitative estimate of drug-likeness (QED) is 0.105. The molecule has 4 aromatic heterocycles. The minimum Gasteiger partial charge on any atom is -0.394 e. The normalized spacial score (nSPS) is 32.1. The topological polar surface area (TPSA) is 324 Å². The molecule has 0 aliphatic carbocycles. The standard InChI is InChI=1S/C11H16N6O4.C11H15N5O5.CH4/c1-11(20)6(19)5(3-18)21-7(11)4-2-14-9-8(12)15-10(13)16-17(4)9;1-11(20)6(18)5(3-17)21-7(11)4-2-13-8-9(19)14-10(12)15-16(4)8;/h2,5-7,18-20H,3H2,1H3,(H4,12,13,15,16);2,5-7,17-18,20H,3H2,1H3,(H3,12,14,15,19);1H4/t2*5-,6-,7+,11-;/m11./s1. The van der Waals surface area contributed by atoms with Gasteiger partial charge in [0.05, 0.1) is 37.0 Å². The molecule has 2 fully saturated rings. The molecular weight excluding hydrogens is 574 g/mol. The second-order valence-electron chi connectivity index (χ2n) is 10.3. The van der Waals surface area contributed by atoms with Crippen LogP contribution in [0.15, 0.2) is 17.2 Å². The van der Waals surface area contributed by atoms with Crippen molar-refractivity contribution in [3.05, 3.63) is 34.1 Å². The Morgan fingerprint density at radius 3 is 1.81 bits per heavy atom. The predicted octanol–water partition coefficient (Wildman–Crippen LogP) is -3.99. The van der Waals surface area contributed by atoms with Gasteiger partial charge in [0.25, 0.3) is 5.56 Å². The SMILES string of the molecule is C.C[C@@]1(O)[C@H](O)[C@@H](CO)O[C@H]1c1cnc2c(=O)[nH]c(N)nn12.C[C@@]1(O)[C@H](O)[C@@H](CO)O[C@H]1c1cnc2c(N)nc(N)nn12. The Morgan fingerprint density at radius 2 is 1.35 bits per heavy atom. The summed E-state index contributed by atoms with van der Waals surface area (Å²) in [6, 6.07) is 0. The highest BCUT2D eigenvalue weighted by Gasteiger charge is 2.54. The predicted molar refractivity (Wildman–Crippen MR) is 147 cm³/mol. The zero-order valence-corrected chi connectivity index (χ0v) is 22.3. The molecule has 2 saturated heterocycles. The fraction of sp³-hybridized carbons (Fsp3) is 0.565. The van der Waals surface area contributed by atoms with Gasteiger partial charge < -0.3 is 57.3 Å². The van der Waals surface area contributed by atoms with Crippen LogP contribution in [0.5, 0.6) is 0 Å². The first-order chi connectivity index (χ1) is 19.7. The number of nitrogens with one attached hydrogen (secondary N) is 1. The van der Waals surface area contributed by atoms with Crippen LogP contribution in [0.2, 0.25) is 0 Å². The Hall–Kier alpha value is -4.02. The molecule has 8 atom stereocenters. The number of aromatic amines is 1. The van der Waals surface area contributed by atoms with Gasteiger partial charge in [0.15, 0.2) is 11.5 Å². The van der Waals surface area contributed by atoms with E-state index in [0.717, 1.165) is 4.52 Å². The molecule has 6 rings (SSSR count). The van der Waals surface area contributed by atoms with Gasteiger partial charge >= 0.3 is 0 Å². The third kappa shape index (κ3) is 5.12. The summed E-state index contributed by atoms with van der Waals surface area (Å²) in [6.07, 6.45) is -3.66. The molecule has 20 nitrogen and oxygen atoms in total. The summed E-state index contributed by atoms with van der Waals surface area (Å²) in [7, 11) is 0. The zero-order chi connectivity index (χ0) is 30.7. The van der Waals surface area contributed by atoms with Crippen molar-refractivity contribution in [2.45, 2.75) is 69.1 Å². The van der Waals surface area contributed by atoms with Crippen molar-refractivity contribution in [2.24, 2.45) is 0 Å². The van der Waals surface area contributed by atoms with Crippen LogP contribution >= 0.6 is 0 Å². The second-order valence-corrected chi connectivity index (χ2v) is 10.3. The van der Waals surface area contributed by atoms with Gasteiger partial charge in [-0.2, -0.15) is 4.98 Å². The van der Waals surface area contributed by atoms with Gasteiger partial charge in [-0.3, -0.25) is 9.78 Å². The number of hydrogen-bond donors (Lipinski definition) is 10. The van der Waals surface area contributed by atoms with Gasteiger partial charge in [-0.1, -0.05) is 7.43 Å². The van der Waals surface area contributed by atoms with Crippen molar-refractivity contribution in [2.75, 3.05) is 30.4 Å². The maximum Gasteiger partial charge on any atom is 0.295 e. The Labute approximate surface area is 242 Å². The van der Waals surface area contributed by atoms with Crippen molar-refractivity contribution in [1.29, 1.82) is 0 Å². The van der Waals surface area contributed by atoms with Gasteiger partial charge in [0.2, 0.25) is 17.5 Å². The smallest absolute Gasteiger partial charge is 0.295 e. The van der Waals surface area contributed by atoms with Crippen LogP contribution in [-0.2, 0) is 9.47 Å². The minimum absolute atomic E-state index is 0. The van der Waals surface area contributed by atoms with Gasteiger partial charge in [-0.05, 0) is 13.8 Å². The number of rotatable bonds is 4. The number of nitrogen functional groups attached to an aromatic ring is 3. The molecule has 43 heavy (non-hydrogen) atoms. The lowest BCUT2D eigenvalue weighted by Gasteiger charge is -2.25. The molecule has 6 heterocycles. The summed E-state index contributed by atoms with van der Waals surface area (Å²) >= 11 is 0. The summed E-state index contributed by atoms with van der Waals surface area (Å²) in [5.41, 5.74) is 13.8. The van der Waals surface area contributed by atoms with Crippen molar-refractivity contribution in [3.63, 3.8) is 0 Å². The van der Waals surface area contributed by atoms with E-state index in [2.05, 4.69) is 30.1 Å². The van der Waals surface area contributed by atoms with Gasteiger partial charge in [-0.15, -0.1) is 10.2 Å². The lowest BCUT2D eigenvalue weighted by molar-refractivity contribution is -0.0665. The summed E-state index contributed by atoms with van der Waals surface area (Å²) in [4.78, 5) is 25.8. The number of nitrogens with two attached hydrogens (primary N) is 3. The van der Waals surface area contributed by atoms with Crippen LogP contribution in [0.1, 0.15) is 44.9 Å². The molecule has 13 N–H and O–H groups in total. The average Bonchev–Trinajstić information content (AvgIpc) is 3.64. The van der Waals surface area contributed by atoms with E-state index in [-0.39, 0.29) is 42.1 Å². The third-order valence-electron chi connectivity index (χ3n) is 7.33. The summed E-state index contributed by atoms with van der Waals surface area (Å²) in [5, 5.41) is 67.2. The molecule has 2 aliphatic rings. The molecule has 0 radical (unpaired) electrons. The van der Waals surface area contributed by atoms with E-state index in [1.807, 2.05) is 0 Å². The highest BCUT2D eigenvalue weighted by Crippen LogP contribution is 2.42. The first-order valence-electron chi connectivity index (χ1n) is 12.6. The van der Waals surface area contributed by atoms with Gasteiger partial charge in [0, 0.05) is 0 Å². The number of aromatic nitrogens is 8. The van der Waals surface area contributed by atoms with Crippen molar-refractivity contribution >= 4 is 29.0 Å². The number of anilines is 3. The highest BCUT2D eigenvalue weighted by atomic mass is 16.6. The van der Waals surface area contributed by atoms with Crippen molar-refractivity contribution < 1.29 is 40.1 Å². The number of H-pyrrole nitrogens is 1. The molecule has 0 bridgehead atoms. The molecule has 0 spiro atoms. The molecule has 236 valence electrons. The van der Waals surface area contributed by atoms with E-state index in [1.165, 1.54) is 30.8 Å².